The zero-order valence-electron chi connectivity index (χ0n) is 14.3. The van der Waals surface area contributed by atoms with E-state index in [1.807, 2.05) is 28.8 Å². The van der Waals surface area contributed by atoms with Crippen molar-refractivity contribution in [1.29, 1.82) is 0 Å². The Balaban J connectivity index is 2.11. The second kappa shape index (κ2) is 7.59. The van der Waals surface area contributed by atoms with Crippen LogP contribution >= 0.6 is 11.3 Å². The van der Waals surface area contributed by atoms with Crippen LogP contribution in [0.1, 0.15) is 15.9 Å². The summed E-state index contributed by atoms with van der Waals surface area (Å²) in [5.74, 6) is -0.496. The summed E-state index contributed by atoms with van der Waals surface area (Å²) in [5.41, 5.74) is 1.43. The Morgan fingerprint density at radius 3 is 2.77 bits per heavy atom. The van der Waals surface area contributed by atoms with Gasteiger partial charge in [0, 0.05) is 25.3 Å². The molecule has 0 atom stereocenters. The van der Waals surface area contributed by atoms with Gasteiger partial charge in [-0.15, -0.1) is 0 Å². The first kappa shape index (κ1) is 18.0. The molecule has 0 unspecified atom stereocenters. The minimum absolute atomic E-state index is 0.0883. The topological polar surface area (TPSA) is 86.7 Å². The number of nitro groups is 1. The molecular weight excluding hydrogens is 354 g/mol. The number of methoxy groups -OCH3 is 1. The van der Waals surface area contributed by atoms with Gasteiger partial charge in [0.25, 0.3) is 11.6 Å². The van der Waals surface area contributed by atoms with E-state index < -0.39 is 10.8 Å². The summed E-state index contributed by atoms with van der Waals surface area (Å²) in [6.07, 6.45) is 0. The van der Waals surface area contributed by atoms with Gasteiger partial charge in [0.1, 0.15) is 0 Å². The Kier molecular flexibility index (Phi) is 5.24. The van der Waals surface area contributed by atoms with E-state index in [1.54, 1.807) is 20.1 Å². The van der Waals surface area contributed by atoms with Crippen LogP contribution < -0.4 is 4.80 Å². The normalized spacial score (nSPS) is 11.8. The van der Waals surface area contributed by atoms with Crippen LogP contribution in [0.2, 0.25) is 0 Å². The van der Waals surface area contributed by atoms with Crippen molar-refractivity contribution in [3.8, 4) is 0 Å². The van der Waals surface area contributed by atoms with Crippen molar-refractivity contribution in [2.24, 2.45) is 4.99 Å². The highest BCUT2D eigenvalue weighted by molar-refractivity contribution is 7.16. The van der Waals surface area contributed by atoms with Crippen LogP contribution in [0, 0.1) is 17.0 Å². The number of thiazole rings is 1. The molecule has 1 heterocycles. The third-order valence-corrected chi connectivity index (χ3v) is 5.10. The van der Waals surface area contributed by atoms with Gasteiger partial charge in [0.2, 0.25) is 0 Å². The lowest BCUT2D eigenvalue weighted by Crippen LogP contribution is -2.19. The summed E-state index contributed by atoms with van der Waals surface area (Å²) < 4.78 is 8.08. The lowest BCUT2D eigenvalue weighted by molar-refractivity contribution is -0.385. The highest BCUT2D eigenvalue weighted by Crippen LogP contribution is 2.22. The van der Waals surface area contributed by atoms with Crippen molar-refractivity contribution in [3.63, 3.8) is 0 Å². The molecule has 3 rings (SSSR count). The Morgan fingerprint density at radius 2 is 2.04 bits per heavy atom. The van der Waals surface area contributed by atoms with Crippen molar-refractivity contribution in [2.75, 3.05) is 13.7 Å². The molecule has 0 aliphatic rings. The first-order valence-corrected chi connectivity index (χ1v) is 8.75. The number of fused-ring (bicyclic) bond motifs is 1. The fraction of sp³-hybridized carbons (Fsp3) is 0.222. The van der Waals surface area contributed by atoms with Crippen LogP contribution in [0.3, 0.4) is 0 Å². The van der Waals surface area contributed by atoms with E-state index in [2.05, 4.69) is 4.99 Å². The minimum Gasteiger partial charge on any atom is -0.383 e. The molecule has 0 saturated heterocycles. The van der Waals surface area contributed by atoms with Crippen molar-refractivity contribution >= 4 is 33.1 Å². The molecule has 2 aromatic carbocycles. The summed E-state index contributed by atoms with van der Waals surface area (Å²) in [6.45, 7) is 2.60. The quantitative estimate of drug-likeness (QED) is 0.508. The first-order valence-electron chi connectivity index (χ1n) is 7.93. The van der Waals surface area contributed by atoms with Gasteiger partial charge < -0.3 is 9.30 Å². The van der Waals surface area contributed by atoms with Crippen molar-refractivity contribution in [1.82, 2.24) is 4.57 Å². The third kappa shape index (κ3) is 3.42. The molecule has 0 aliphatic heterocycles. The highest BCUT2D eigenvalue weighted by atomic mass is 32.1. The van der Waals surface area contributed by atoms with Gasteiger partial charge in [0.15, 0.2) is 4.80 Å². The molecule has 0 spiro atoms. The van der Waals surface area contributed by atoms with E-state index in [9.17, 15) is 14.9 Å². The lowest BCUT2D eigenvalue weighted by Gasteiger charge is -2.04. The number of nitrogens with zero attached hydrogens (tertiary/aromatic N) is 3. The van der Waals surface area contributed by atoms with Crippen molar-refractivity contribution in [2.45, 2.75) is 13.5 Å². The van der Waals surface area contributed by atoms with Gasteiger partial charge in [-0.05, 0) is 25.1 Å². The van der Waals surface area contributed by atoms with Gasteiger partial charge >= 0.3 is 0 Å². The van der Waals surface area contributed by atoms with Gasteiger partial charge in [-0.3, -0.25) is 14.9 Å². The molecule has 8 heteroatoms. The highest BCUT2D eigenvalue weighted by Gasteiger charge is 2.18. The number of rotatable bonds is 5. The number of nitro benzene ring substituents is 1. The van der Waals surface area contributed by atoms with Gasteiger partial charge in [0.05, 0.1) is 27.3 Å². The largest absolute Gasteiger partial charge is 0.383 e. The molecule has 0 bridgehead atoms. The Labute approximate surface area is 153 Å². The molecule has 1 amide bonds. The molecular formula is C18H17N3O4S. The SMILES string of the molecule is COCCn1c(=NC(=O)c2cccc([N+](=O)[O-])c2C)sc2ccccc21. The molecule has 0 N–H and O–H groups in total. The summed E-state index contributed by atoms with van der Waals surface area (Å²) in [6, 6.07) is 12.2. The number of aromatic nitrogens is 1. The molecule has 0 radical (unpaired) electrons. The monoisotopic (exact) mass is 371 g/mol. The lowest BCUT2D eigenvalue weighted by atomic mass is 10.1. The number of carbonyl (C=O) groups is 1. The number of amides is 1. The zero-order chi connectivity index (χ0) is 18.7. The van der Waals surface area contributed by atoms with Crippen LogP contribution in [-0.4, -0.2) is 29.1 Å². The molecule has 3 aromatic rings. The first-order chi connectivity index (χ1) is 12.5. The standard InChI is InChI=1S/C18H17N3O4S/c1-12-13(6-5-8-14(12)21(23)24)17(22)19-18-20(10-11-25-2)15-7-3-4-9-16(15)26-18/h3-9H,10-11H2,1-2H3. The van der Waals surface area contributed by atoms with E-state index in [-0.39, 0.29) is 11.3 Å². The number of carbonyl (C=O) groups excluding carboxylic acids is 1. The Bertz CT molecular complexity index is 1050. The van der Waals surface area contributed by atoms with E-state index >= 15 is 0 Å². The summed E-state index contributed by atoms with van der Waals surface area (Å²) in [7, 11) is 1.61. The number of para-hydroxylation sites is 1. The van der Waals surface area contributed by atoms with E-state index in [0.29, 0.717) is 23.5 Å². The van der Waals surface area contributed by atoms with Crippen LogP contribution in [0.4, 0.5) is 5.69 Å². The van der Waals surface area contributed by atoms with Crippen LogP contribution in [-0.2, 0) is 11.3 Å². The Morgan fingerprint density at radius 1 is 1.27 bits per heavy atom. The summed E-state index contributed by atoms with van der Waals surface area (Å²) in [4.78, 5) is 28.1. The molecule has 26 heavy (non-hydrogen) atoms. The fourth-order valence-corrected chi connectivity index (χ4v) is 3.76. The van der Waals surface area contributed by atoms with Crippen molar-refractivity contribution in [3.05, 3.63) is 68.5 Å². The minimum atomic E-state index is -0.496. The van der Waals surface area contributed by atoms with Crippen LogP contribution in [0.5, 0.6) is 0 Å². The van der Waals surface area contributed by atoms with Gasteiger partial charge in [-0.25, -0.2) is 0 Å². The summed E-state index contributed by atoms with van der Waals surface area (Å²) in [5, 5.41) is 11.1. The van der Waals surface area contributed by atoms with E-state index in [0.717, 1.165) is 10.2 Å². The smallest absolute Gasteiger partial charge is 0.280 e. The fourth-order valence-electron chi connectivity index (χ4n) is 2.70. The number of ether oxygens (including phenoxy) is 1. The number of hydrogen-bond donors (Lipinski definition) is 0. The van der Waals surface area contributed by atoms with Crippen molar-refractivity contribution < 1.29 is 14.5 Å². The number of hydrogen-bond acceptors (Lipinski definition) is 5. The molecule has 7 nitrogen and oxygen atoms in total. The van der Waals surface area contributed by atoms with E-state index in [1.165, 1.54) is 23.5 Å². The maximum atomic E-state index is 12.7. The average molecular weight is 371 g/mol. The number of benzene rings is 2. The zero-order valence-corrected chi connectivity index (χ0v) is 15.2. The predicted octanol–water partition coefficient (Wildman–Crippen LogP) is 3.31. The second-order valence-corrected chi connectivity index (χ2v) is 6.63. The van der Waals surface area contributed by atoms with Crippen LogP contribution in [0.25, 0.3) is 10.2 Å². The molecule has 0 fully saturated rings. The maximum absolute atomic E-state index is 12.7. The molecule has 0 aliphatic carbocycles. The second-order valence-electron chi connectivity index (χ2n) is 5.62. The molecule has 0 saturated carbocycles. The van der Waals surface area contributed by atoms with Crippen LogP contribution in [0.15, 0.2) is 47.5 Å². The van der Waals surface area contributed by atoms with E-state index in [4.69, 9.17) is 4.74 Å². The summed E-state index contributed by atoms with van der Waals surface area (Å²) >= 11 is 1.40. The molecule has 134 valence electrons. The van der Waals surface area contributed by atoms with Gasteiger partial charge in [-0.1, -0.05) is 29.5 Å². The molecule has 1 aromatic heterocycles. The van der Waals surface area contributed by atoms with Gasteiger partial charge in [-0.2, -0.15) is 4.99 Å². The predicted molar refractivity (Wildman–Crippen MR) is 99.4 cm³/mol. The average Bonchev–Trinajstić information content (AvgIpc) is 2.96. The third-order valence-electron chi connectivity index (χ3n) is 4.04. The maximum Gasteiger partial charge on any atom is 0.280 e. The Hall–Kier alpha value is -2.84.